The molecule has 2 aliphatic rings. The molecule has 136 valence electrons. The highest BCUT2D eigenvalue weighted by molar-refractivity contribution is 5.86. The maximum atomic E-state index is 12.5. The summed E-state index contributed by atoms with van der Waals surface area (Å²) in [6.07, 6.45) is 0.484. The lowest BCUT2D eigenvalue weighted by Gasteiger charge is -2.33. The van der Waals surface area contributed by atoms with Crippen LogP contribution in [0.4, 0.5) is 5.82 Å². The third kappa shape index (κ3) is 2.71. The average Bonchev–Trinajstić information content (AvgIpc) is 3.02. The Kier molecular flexibility index (Phi) is 4.08. The van der Waals surface area contributed by atoms with Gasteiger partial charge >= 0.3 is 0 Å². The Morgan fingerprint density at radius 2 is 2.15 bits per heavy atom. The number of aliphatic hydroxyl groups is 2. The first-order valence-electron chi connectivity index (χ1n) is 8.25. The summed E-state index contributed by atoms with van der Waals surface area (Å²) < 4.78 is 7.00. The van der Waals surface area contributed by atoms with Crippen molar-refractivity contribution in [1.82, 2.24) is 9.55 Å². The van der Waals surface area contributed by atoms with Gasteiger partial charge in [0.05, 0.1) is 25.1 Å². The molecule has 9 heteroatoms. The Hall–Kier alpha value is -2.59. The smallest absolute Gasteiger partial charge is 0.272 e. The molecule has 1 unspecified atom stereocenters. The number of hydrogen-bond acceptors (Lipinski definition) is 8. The number of aliphatic hydroxyl groups excluding tert-OH is 2. The molecule has 4 atom stereocenters. The van der Waals surface area contributed by atoms with Crippen LogP contribution in [0.1, 0.15) is 23.9 Å². The minimum atomic E-state index is -1.26. The number of hydrogen-bond donors (Lipinski definition) is 4. The van der Waals surface area contributed by atoms with E-state index in [-0.39, 0.29) is 13.0 Å². The minimum absolute atomic E-state index is 0.170. The molecular formula is C17H19N5O4. The van der Waals surface area contributed by atoms with Crippen molar-refractivity contribution < 1.29 is 14.9 Å². The summed E-state index contributed by atoms with van der Waals surface area (Å²) in [4.78, 5) is 20.9. The largest absolute Gasteiger partial charge is 0.394 e. The number of ether oxygens (including phenoxy) is 1. The zero-order valence-electron chi connectivity index (χ0n) is 13.8. The second-order valence-electron chi connectivity index (χ2n) is 6.33. The first-order valence-corrected chi connectivity index (χ1v) is 8.25. The molecule has 5 N–H and O–H groups in total. The van der Waals surface area contributed by atoms with Gasteiger partial charge < -0.3 is 20.3 Å². The second-order valence-corrected chi connectivity index (χ2v) is 6.33. The van der Waals surface area contributed by atoms with Gasteiger partial charge in [-0.1, -0.05) is 30.3 Å². The second kappa shape index (κ2) is 6.29. The van der Waals surface area contributed by atoms with Gasteiger partial charge in [0.25, 0.3) is 5.56 Å². The third-order valence-corrected chi connectivity index (χ3v) is 4.62. The summed E-state index contributed by atoms with van der Waals surface area (Å²) in [7, 11) is 0. The Bertz CT molecular complexity index is 900. The predicted molar refractivity (Wildman–Crippen MR) is 93.6 cm³/mol. The first kappa shape index (κ1) is 16.9. The van der Waals surface area contributed by atoms with Gasteiger partial charge in [0.1, 0.15) is 23.8 Å². The van der Waals surface area contributed by atoms with Crippen LogP contribution in [0.15, 0.2) is 46.3 Å². The van der Waals surface area contributed by atoms with E-state index in [1.54, 1.807) is 0 Å². The molecule has 1 fully saturated rings. The van der Waals surface area contributed by atoms with Crippen molar-refractivity contribution in [3.8, 4) is 0 Å². The van der Waals surface area contributed by atoms with Gasteiger partial charge in [-0.2, -0.15) is 0 Å². The van der Waals surface area contributed by atoms with Crippen LogP contribution in [0.2, 0.25) is 0 Å². The zero-order valence-corrected chi connectivity index (χ0v) is 13.8. The van der Waals surface area contributed by atoms with E-state index >= 15 is 0 Å². The van der Waals surface area contributed by atoms with Gasteiger partial charge in [-0.3, -0.25) is 15.1 Å². The molecule has 3 heterocycles. The highest BCUT2D eigenvalue weighted by atomic mass is 16.5. The van der Waals surface area contributed by atoms with Crippen LogP contribution in [0.25, 0.3) is 0 Å². The molecule has 4 rings (SSSR count). The van der Waals surface area contributed by atoms with Gasteiger partial charge in [-0.15, -0.1) is 0 Å². The lowest BCUT2D eigenvalue weighted by atomic mass is 10.1. The Labute approximate surface area is 148 Å². The van der Waals surface area contributed by atoms with Crippen LogP contribution in [-0.2, 0) is 10.5 Å². The molecule has 9 nitrogen and oxygen atoms in total. The fourth-order valence-electron chi connectivity index (χ4n) is 3.24. The van der Waals surface area contributed by atoms with Crippen molar-refractivity contribution in [2.45, 2.75) is 30.6 Å². The molecule has 1 aromatic heterocycles. The third-order valence-electron chi connectivity index (χ3n) is 4.62. The predicted octanol–water partition coefficient (Wildman–Crippen LogP) is -0.502. The van der Waals surface area contributed by atoms with Crippen LogP contribution < -0.4 is 16.6 Å². The van der Waals surface area contributed by atoms with Gasteiger partial charge in [-0.05, 0) is 0 Å². The quantitative estimate of drug-likeness (QED) is 0.581. The molecular weight excluding hydrogens is 338 g/mol. The van der Waals surface area contributed by atoms with Crippen LogP contribution in [0, 0.1) is 0 Å². The summed E-state index contributed by atoms with van der Waals surface area (Å²) in [5.41, 5.74) is 7.16. The highest BCUT2D eigenvalue weighted by Crippen LogP contribution is 2.33. The number of rotatable bonds is 3. The lowest BCUT2D eigenvalue weighted by Crippen LogP contribution is -2.47. The van der Waals surface area contributed by atoms with E-state index < -0.39 is 29.8 Å². The zero-order chi connectivity index (χ0) is 18.3. The summed E-state index contributed by atoms with van der Waals surface area (Å²) in [5.74, 6) is -0.909. The summed E-state index contributed by atoms with van der Waals surface area (Å²) in [5, 5.41) is 22.4. The van der Waals surface area contributed by atoms with Crippen molar-refractivity contribution >= 4 is 12.0 Å². The Balaban J connectivity index is 1.77. The normalized spacial score (nSPS) is 30.0. The Morgan fingerprint density at radius 3 is 2.85 bits per heavy atom. The van der Waals surface area contributed by atoms with E-state index in [0.717, 1.165) is 0 Å². The van der Waals surface area contributed by atoms with Gasteiger partial charge in [0.2, 0.25) is 5.79 Å². The highest BCUT2D eigenvalue weighted by Gasteiger charge is 2.38. The van der Waals surface area contributed by atoms with Crippen molar-refractivity contribution in [2.75, 3.05) is 11.9 Å². The van der Waals surface area contributed by atoms with Crippen LogP contribution in [-0.4, -0.2) is 44.8 Å². The summed E-state index contributed by atoms with van der Waals surface area (Å²) in [6.45, 7) is -0.334. The number of aliphatic imine (C=N–C) groups is 1. The molecule has 0 spiro atoms. The molecule has 0 aliphatic carbocycles. The molecule has 0 radical (unpaired) electrons. The maximum absolute atomic E-state index is 12.5. The van der Waals surface area contributed by atoms with Gasteiger partial charge in [0.15, 0.2) is 0 Å². The fraction of sp³-hybridized carbons (Fsp3) is 0.353. The first-order chi connectivity index (χ1) is 12.5. The SMILES string of the molecule is NC1(c2ccccc2)N=Cc2ncc(=O)n([C@H]3C[C@H](O)[C@@H](CO)O3)c2N1. The maximum Gasteiger partial charge on any atom is 0.272 e. The van der Waals surface area contributed by atoms with Crippen LogP contribution in [0.5, 0.6) is 0 Å². The molecule has 1 saturated heterocycles. The van der Waals surface area contributed by atoms with Gasteiger partial charge in [-0.25, -0.2) is 9.98 Å². The van der Waals surface area contributed by atoms with E-state index in [2.05, 4.69) is 15.3 Å². The van der Waals surface area contributed by atoms with E-state index in [4.69, 9.17) is 10.5 Å². The minimum Gasteiger partial charge on any atom is -0.394 e. The average molecular weight is 357 g/mol. The topological polar surface area (TPSA) is 135 Å². The number of nitrogens with two attached hydrogens (primary N) is 1. The van der Waals surface area contributed by atoms with E-state index in [0.29, 0.717) is 17.1 Å². The number of benzene rings is 1. The molecule has 26 heavy (non-hydrogen) atoms. The van der Waals surface area contributed by atoms with Gasteiger partial charge in [0, 0.05) is 12.0 Å². The molecule has 2 aromatic rings. The Morgan fingerprint density at radius 1 is 1.38 bits per heavy atom. The monoisotopic (exact) mass is 357 g/mol. The summed E-state index contributed by atoms with van der Waals surface area (Å²) >= 11 is 0. The molecule has 2 aliphatic heterocycles. The van der Waals surface area contributed by atoms with Crippen molar-refractivity contribution in [3.05, 3.63) is 58.1 Å². The van der Waals surface area contributed by atoms with E-state index in [9.17, 15) is 15.0 Å². The molecule has 0 bridgehead atoms. The molecule has 0 saturated carbocycles. The van der Waals surface area contributed by atoms with Crippen molar-refractivity contribution in [2.24, 2.45) is 10.7 Å². The molecule has 1 aromatic carbocycles. The van der Waals surface area contributed by atoms with Crippen molar-refractivity contribution in [1.29, 1.82) is 0 Å². The van der Waals surface area contributed by atoms with Crippen LogP contribution in [0.3, 0.4) is 0 Å². The lowest BCUT2D eigenvalue weighted by molar-refractivity contribution is -0.0449. The van der Waals surface area contributed by atoms with Crippen molar-refractivity contribution in [3.63, 3.8) is 0 Å². The number of anilines is 1. The van der Waals surface area contributed by atoms with Crippen LogP contribution >= 0.6 is 0 Å². The molecule has 0 amide bonds. The summed E-state index contributed by atoms with van der Waals surface area (Å²) in [6, 6.07) is 9.20. The fourth-order valence-corrected chi connectivity index (χ4v) is 3.24. The number of fused-ring (bicyclic) bond motifs is 1. The number of aromatic nitrogens is 2. The number of nitrogens with zero attached hydrogens (tertiary/aromatic N) is 3. The standard InChI is InChI=1S/C17H19N5O4/c18-17(10-4-2-1-3-5-10)20-7-11-16(21-17)22(14(25)8-19-11)15-6-12(24)13(9-23)26-15/h1-5,7-8,12-13,15,21,23-24H,6,9,18H2/t12-,13+,15+,17?/m0/s1. The number of nitrogens with one attached hydrogen (secondary N) is 1. The van der Waals surface area contributed by atoms with E-state index in [1.165, 1.54) is 17.0 Å². The van der Waals surface area contributed by atoms with E-state index in [1.807, 2.05) is 30.3 Å².